The third-order valence-electron chi connectivity index (χ3n) is 4.16. The van der Waals surface area contributed by atoms with Gasteiger partial charge in [-0.1, -0.05) is 12.1 Å². The molecule has 0 spiro atoms. The summed E-state index contributed by atoms with van der Waals surface area (Å²) in [6.45, 7) is 0.727. The largest absolute Gasteiger partial charge is 0.347 e. The second-order valence-corrected chi connectivity index (χ2v) is 5.57. The van der Waals surface area contributed by atoms with Gasteiger partial charge in [-0.05, 0) is 49.1 Å². The lowest BCUT2D eigenvalue weighted by atomic mass is 9.95. The summed E-state index contributed by atoms with van der Waals surface area (Å²) in [5.41, 5.74) is 1.57. The molecule has 1 atom stereocenters. The summed E-state index contributed by atoms with van der Waals surface area (Å²) in [5.74, 6) is -0.221. The highest BCUT2D eigenvalue weighted by Crippen LogP contribution is 2.32. The van der Waals surface area contributed by atoms with E-state index in [2.05, 4.69) is 0 Å². The molecule has 1 aromatic carbocycles. The number of amides is 1. The Morgan fingerprint density at radius 1 is 1.24 bits per heavy atom. The van der Waals surface area contributed by atoms with Crippen LogP contribution in [0.25, 0.3) is 0 Å². The van der Waals surface area contributed by atoms with Gasteiger partial charge in [0.25, 0.3) is 5.91 Å². The molecule has 2 heterocycles. The molecule has 0 bridgehead atoms. The molecule has 0 aliphatic carbocycles. The van der Waals surface area contributed by atoms with Crippen LogP contribution in [0.5, 0.6) is 0 Å². The van der Waals surface area contributed by atoms with E-state index in [-0.39, 0.29) is 17.8 Å². The van der Waals surface area contributed by atoms with Gasteiger partial charge >= 0.3 is 0 Å². The SMILES string of the molecule is Cn1cccc1C(=O)N1CCCC[C@H]1c1cccc(F)c1. The van der Waals surface area contributed by atoms with E-state index in [0.717, 1.165) is 31.4 Å². The van der Waals surface area contributed by atoms with Crippen molar-refractivity contribution >= 4 is 5.91 Å². The number of rotatable bonds is 2. The second kappa shape index (κ2) is 5.72. The summed E-state index contributed by atoms with van der Waals surface area (Å²) < 4.78 is 15.3. The summed E-state index contributed by atoms with van der Waals surface area (Å²) in [6.07, 6.45) is 4.83. The van der Waals surface area contributed by atoms with Crippen LogP contribution < -0.4 is 0 Å². The first-order valence-corrected chi connectivity index (χ1v) is 7.34. The minimum atomic E-state index is -0.246. The van der Waals surface area contributed by atoms with Crippen LogP contribution in [0.15, 0.2) is 42.6 Å². The molecule has 2 aromatic rings. The van der Waals surface area contributed by atoms with Crippen molar-refractivity contribution in [2.45, 2.75) is 25.3 Å². The van der Waals surface area contributed by atoms with Crippen molar-refractivity contribution in [3.63, 3.8) is 0 Å². The summed E-state index contributed by atoms with van der Waals surface area (Å²) >= 11 is 0. The van der Waals surface area contributed by atoms with Crippen LogP contribution >= 0.6 is 0 Å². The van der Waals surface area contributed by atoms with Gasteiger partial charge in [-0.2, -0.15) is 0 Å². The van der Waals surface area contributed by atoms with E-state index >= 15 is 0 Å². The zero-order valence-electron chi connectivity index (χ0n) is 12.1. The fraction of sp³-hybridized carbons (Fsp3) is 0.353. The van der Waals surface area contributed by atoms with Crippen LogP contribution in [0, 0.1) is 5.82 Å². The maximum absolute atomic E-state index is 13.5. The van der Waals surface area contributed by atoms with Crippen LogP contribution in [-0.2, 0) is 7.05 Å². The number of hydrogen-bond acceptors (Lipinski definition) is 1. The molecule has 3 nitrogen and oxygen atoms in total. The smallest absolute Gasteiger partial charge is 0.270 e. The van der Waals surface area contributed by atoms with Gasteiger partial charge < -0.3 is 9.47 Å². The van der Waals surface area contributed by atoms with Crippen LogP contribution in [-0.4, -0.2) is 21.9 Å². The number of likely N-dealkylation sites (tertiary alicyclic amines) is 1. The van der Waals surface area contributed by atoms with Crippen LogP contribution in [0.2, 0.25) is 0 Å². The molecule has 1 aliphatic heterocycles. The number of benzene rings is 1. The minimum absolute atomic E-state index is 0.0245. The van der Waals surface area contributed by atoms with Crippen molar-refractivity contribution in [3.8, 4) is 0 Å². The number of halogens is 1. The van der Waals surface area contributed by atoms with Crippen molar-refractivity contribution < 1.29 is 9.18 Å². The molecule has 1 fully saturated rings. The van der Waals surface area contributed by atoms with Gasteiger partial charge in [-0.3, -0.25) is 4.79 Å². The molecule has 21 heavy (non-hydrogen) atoms. The molecule has 0 unspecified atom stereocenters. The molecule has 0 radical (unpaired) electrons. The molecule has 0 N–H and O–H groups in total. The zero-order chi connectivity index (χ0) is 14.8. The van der Waals surface area contributed by atoms with Gasteiger partial charge in [0.2, 0.25) is 0 Å². The first-order chi connectivity index (χ1) is 10.2. The quantitative estimate of drug-likeness (QED) is 0.829. The monoisotopic (exact) mass is 286 g/mol. The van der Waals surface area contributed by atoms with Crippen LogP contribution in [0.4, 0.5) is 4.39 Å². The van der Waals surface area contributed by atoms with Crippen LogP contribution in [0.3, 0.4) is 0 Å². The van der Waals surface area contributed by atoms with E-state index in [1.54, 1.807) is 12.1 Å². The highest BCUT2D eigenvalue weighted by Gasteiger charge is 2.29. The van der Waals surface area contributed by atoms with Gasteiger partial charge in [0, 0.05) is 19.8 Å². The lowest BCUT2D eigenvalue weighted by Crippen LogP contribution is -2.39. The molecule has 4 heteroatoms. The first kappa shape index (κ1) is 13.9. The Labute approximate surface area is 124 Å². The number of carbonyl (C=O) groups is 1. The molecule has 0 saturated carbocycles. The van der Waals surface area contributed by atoms with Crippen molar-refractivity contribution in [2.24, 2.45) is 7.05 Å². The van der Waals surface area contributed by atoms with Gasteiger partial charge in [-0.25, -0.2) is 4.39 Å². The molecule has 1 amide bonds. The molecule has 3 rings (SSSR count). The second-order valence-electron chi connectivity index (χ2n) is 5.57. The predicted octanol–water partition coefficient (Wildman–Crippen LogP) is 3.53. The average Bonchev–Trinajstić information content (AvgIpc) is 2.93. The van der Waals surface area contributed by atoms with Gasteiger partial charge in [0.15, 0.2) is 0 Å². The summed E-state index contributed by atoms with van der Waals surface area (Å²) in [5, 5.41) is 0. The lowest BCUT2D eigenvalue weighted by Gasteiger charge is -2.36. The summed E-state index contributed by atoms with van der Waals surface area (Å²) in [7, 11) is 1.87. The number of piperidine rings is 1. The van der Waals surface area contributed by atoms with E-state index < -0.39 is 0 Å². The highest BCUT2D eigenvalue weighted by atomic mass is 19.1. The van der Waals surface area contributed by atoms with E-state index in [4.69, 9.17) is 0 Å². The molecule has 1 aliphatic rings. The third-order valence-corrected chi connectivity index (χ3v) is 4.16. The van der Waals surface area contributed by atoms with Crippen molar-refractivity contribution in [2.75, 3.05) is 6.54 Å². The third kappa shape index (κ3) is 2.71. The van der Waals surface area contributed by atoms with E-state index in [1.807, 2.05) is 40.9 Å². The maximum atomic E-state index is 13.5. The zero-order valence-corrected chi connectivity index (χ0v) is 12.1. The van der Waals surface area contributed by atoms with E-state index in [9.17, 15) is 9.18 Å². The average molecular weight is 286 g/mol. The lowest BCUT2D eigenvalue weighted by molar-refractivity contribution is 0.0601. The number of hydrogen-bond donors (Lipinski definition) is 0. The van der Waals surface area contributed by atoms with Crippen LogP contribution in [0.1, 0.15) is 41.4 Å². The Hall–Kier alpha value is -2.10. The van der Waals surface area contributed by atoms with Gasteiger partial charge in [0.1, 0.15) is 11.5 Å². The topological polar surface area (TPSA) is 25.2 Å². The summed E-state index contributed by atoms with van der Waals surface area (Å²) in [6, 6.07) is 10.3. The molecule has 1 aromatic heterocycles. The number of aryl methyl sites for hydroxylation is 1. The fourth-order valence-corrected chi connectivity index (χ4v) is 3.07. The minimum Gasteiger partial charge on any atom is -0.347 e. The Morgan fingerprint density at radius 2 is 2.10 bits per heavy atom. The fourth-order valence-electron chi connectivity index (χ4n) is 3.07. The number of carbonyl (C=O) groups excluding carboxylic acids is 1. The Bertz CT molecular complexity index is 650. The predicted molar refractivity (Wildman–Crippen MR) is 79.4 cm³/mol. The maximum Gasteiger partial charge on any atom is 0.270 e. The first-order valence-electron chi connectivity index (χ1n) is 7.34. The number of nitrogens with zero attached hydrogens (tertiary/aromatic N) is 2. The van der Waals surface area contributed by atoms with E-state index in [1.165, 1.54) is 6.07 Å². The Morgan fingerprint density at radius 3 is 2.81 bits per heavy atom. The van der Waals surface area contributed by atoms with E-state index in [0.29, 0.717) is 5.69 Å². The van der Waals surface area contributed by atoms with Crippen molar-refractivity contribution in [1.82, 2.24) is 9.47 Å². The van der Waals surface area contributed by atoms with Gasteiger partial charge in [-0.15, -0.1) is 0 Å². The molecule has 1 saturated heterocycles. The van der Waals surface area contributed by atoms with Gasteiger partial charge in [0.05, 0.1) is 6.04 Å². The molecular formula is C17H19FN2O. The Balaban J connectivity index is 1.92. The summed E-state index contributed by atoms with van der Waals surface area (Å²) in [4.78, 5) is 14.6. The molecule has 110 valence electrons. The molecular weight excluding hydrogens is 267 g/mol. The normalized spacial score (nSPS) is 18.8. The highest BCUT2D eigenvalue weighted by molar-refractivity contribution is 5.93. The number of aromatic nitrogens is 1. The Kier molecular flexibility index (Phi) is 3.78. The standard InChI is InChI=1S/C17H19FN2O/c1-19-10-5-9-16(19)17(21)20-11-3-2-8-15(20)13-6-4-7-14(18)12-13/h4-7,9-10,12,15H,2-3,8,11H2,1H3/t15-/m0/s1. The van der Waals surface area contributed by atoms with Crippen molar-refractivity contribution in [3.05, 3.63) is 59.7 Å². The van der Waals surface area contributed by atoms with Crippen molar-refractivity contribution in [1.29, 1.82) is 0 Å².